The second-order valence-electron chi connectivity index (χ2n) is 10.7. The van der Waals surface area contributed by atoms with Crippen molar-refractivity contribution >= 4 is 17.5 Å². The van der Waals surface area contributed by atoms with Crippen molar-refractivity contribution in [1.29, 1.82) is 0 Å². The molecule has 3 aliphatic rings. The molecule has 0 aliphatic carbocycles. The van der Waals surface area contributed by atoms with Crippen LogP contribution >= 0.6 is 0 Å². The first-order chi connectivity index (χ1) is 16.7. The number of carbonyl (C=O) groups is 1. The Morgan fingerprint density at radius 3 is 2.63 bits per heavy atom. The number of hydrogen-bond donors (Lipinski definition) is 1. The Labute approximate surface area is 205 Å². The Morgan fingerprint density at radius 1 is 1.06 bits per heavy atom. The minimum atomic E-state index is -0.674. The number of anilines is 2. The molecule has 0 radical (unpaired) electrons. The first-order valence-corrected chi connectivity index (χ1v) is 12.6. The van der Waals surface area contributed by atoms with Gasteiger partial charge in [0, 0.05) is 30.6 Å². The molecule has 0 aromatic carbocycles. The Balaban J connectivity index is 1.39. The van der Waals surface area contributed by atoms with Crippen LogP contribution in [-0.4, -0.2) is 43.2 Å². The number of pyridine rings is 2. The van der Waals surface area contributed by atoms with Gasteiger partial charge in [-0.05, 0) is 65.2 Å². The summed E-state index contributed by atoms with van der Waals surface area (Å²) in [5, 5.41) is 8.76. The van der Waals surface area contributed by atoms with Crippen molar-refractivity contribution in [1.82, 2.24) is 24.7 Å². The van der Waals surface area contributed by atoms with E-state index < -0.39 is 5.54 Å². The molecule has 3 aromatic heterocycles. The lowest BCUT2D eigenvalue weighted by atomic mass is 9.94. The lowest BCUT2D eigenvalue weighted by molar-refractivity contribution is 0.0996. The molecule has 35 heavy (non-hydrogen) atoms. The summed E-state index contributed by atoms with van der Waals surface area (Å²) in [6.45, 7) is 9.63. The van der Waals surface area contributed by atoms with E-state index in [1.807, 2.05) is 38.1 Å². The van der Waals surface area contributed by atoms with E-state index in [1.54, 1.807) is 4.90 Å². The molecule has 1 amide bonds. The van der Waals surface area contributed by atoms with Gasteiger partial charge < -0.3 is 15.2 Å². The zero-order valence-corrected chi connectivity index (χ0v) is 20.8. The number of amides is 1. The van der Waals surface area contributed by atoms with Crippen LogP contribution in [0.15, 0.2) is 24.3 Å². The number of fused-ring (bicyclic) bond motifs is 2. The van der Waals surface area contributed by atoms with Crippen LogP contribution in [0.3, 0.4) is 0 Å². The molecule has 6 rings (SSSR count). The van der Waals surface area contributed by atoms with Gasteiger partial charge in [0.25, 0.3) is 5.91 Å². The van der Waals surface area contributed by atoms with Gasteiger partial charge >= 0.3 is 0 Å². The maximum absolute atomic E-state index is 13.7. The summed E-state index contributed by atoms with van der Waals surface area (Å²) in [7, 11) is 0. The van der Waals surface area contributed by atoms with E-state index >= 15 is 0 Å². The summed E-state index contributed by atoms with van der Waals surface area (Å²) in [6, 6.07) is 8.42. The van der Waals surface area contributed by atoms with Crippen LogP contribution in [-0.2, 0) is 18.5 Å². The molecular formula is C26H32N8O. The molecule has 1 saturated heterocycles. The van der Waals surface area contributed by atoms with E-state index in [-0.39, 0.29) is 5.91 Å². The third-order valence-corrected chi connectivity index (χ3v) is 7.59. The van der Waals surface area contributed by atoms with Gasteiger partial charge in [-0.15, -0.1) is 10.2 Å². The minimum Gasteiger partial charge on any atom is -0.354 e. The fourth-order valence-corrected chi connectivity index (χ4v) is 5.72. The molecule has 2 N–H and O–H groups in total. The molecule has 182 valence electrons. The van der Waals surface area contributed by atoms with Crippen molar-refractivity contribution < 1.29 is 4.79 Å². The normalized spacial score (nSPS) is 21.7. The van der Waals surface area contributed by atoms with Gasteiger partial charge in [0.2, 0.25) is 0 Å². The number of aryl methyl sites for hydroxylation is 1. The fourth-order valence-electron chi connectivity index (χ4n) is 5.72. The van der Waals surface area contributed by atoms with Gasteiger partial charge in [-0.25, -0.2) is 9.97 Å². The average Bonchev–Trinajstić information content (AvgIpc) is 3.59. The zero-order chi connectivity index (χ0) is 24.5. The highest BCUT2D eigenvalue weighted by Gasteiger charge is 2.37. The van der Waals surface area contributed by atoms with Crippen molar-refractivity contribution in [3.8, 4) is 11.5 Å². The van der Waals surface area contributed by atoms with Crippen LogP contribution < -0.4 is 15.5 Å². The second-order valence-corrected chi connectivity index (χ2v) is 10.7. The van der Waals surface area contributed by atoms with Crippen molar-refractivity contribution in [3.05, 3.63) is 46.9 Å². The van der Waals surface area contributed by atoms with Gasteiger partial charge in [0.1, 0.15) is 23.2 Å². The number of nitrogens with two attached hydrogens (primary N) is 1. The van der Waals surface area contributed by atoms with Crippen LogP contribution in [0.2, 0.25) is 0 Å². The molecule has 9 nitrogen and oxygen atoms in total. The van der Waals surface area contributed by atoms with E-state index in [0.29, 0.717) is 30.0 Å². The lowest BCUT2D eigenvalue weighted by Gasteiger charge is -2.27. The SMILES string of the molecule is C[C@@H]1CCCN1c1cc2c(c(C(C)(C)N)n1)CN(c1cccc(-c3nnc4n3[C@@H](C)CC4)n1)C2=O. The smallest absolute Gasteiger partial charge is 0.260 e. The highest BCUT2D eigenvalue weighted by Crippen LogP contribution is 2.37. The average molecular weight is 473 g/mol. The van der Waals surface area contributed by atoms with Crippen LogP contribution in [0, 0.1) is 0 Å². The summed E-state index contributed by atoms with van der Waals surface area (Å²) in [5.74, 6) is 3.13. The number of nitrogens with zero attached hydrogens (tertiary/aromatic N) is 7. The topological polar surface area (TPSA) is 106 Å². The van der Waals surface area contributed by atoms with Crippen molar-refractivity contribution in [3.63, 3.8) is 0 Å². The van der Waals surface area contributed by atoms with E-state index in [9.17, 15) is 4.79 Å². The molecule has 6 heterocycles. The van der Waals surface area contributed by atoms with Crippen LogP contribution in [0.5, 0.6) is 0 Å². The monoisotopic (exact) mass is 472 g/mol. The largest absolute Gasteiger partial charge is 0.354 e. The van der Waals surface area contributed by atoms with Gasteiger partial charge in [-0.1, -0.05) is 6.07 Å². The van der Waals surface area contributed by atoms with Crippen molar-refractivity contribution in [2.45, 2.75) is 77.5 Å². The van der Waals surface area contributed by atoms with Crippen molar-refractivity contribution in [2.75, 3.05) is 16.3 Å². The Bertz CT molecular complexity index is 1320. The van der Waals surface area contributed by atoms with Crippen molar-refractivity contribution in [2.24, 2.45) is 5.73 Å². The van der Waals surface area contributed by atoms with Crippen LogP contribution in [0.1, 0.15) is 80.4 Å². The molecular weight excluding hydrogens is 440 g/mol. The number of carbonyl (C=O) groups excluding carboxylic acids is 1. The second kappa shape index (κ2) is 7.84. The van der Waals surface area contributed by atoms with Gasteiger partial charge in [-0.2, -0.15) is 0 Å². The van der Waals surface area contributed by atoms with Crippen LogP contribution in [0.25, 0.3) is 11.5 Å². The number of hydrogen-bond acceptors (Lipinski definition) is 7. The quantitative estimate of drug-likeness (QED) is 0.618. The molecule has 0 bridgehead atoms. The zero-order valence-electron chi connectivity index (χ0n) is 20.8. The van der Waals surface area contributed by atoms with Gasteiger partial charge in [-0.3, -0.25) is 9.69 Å². The van der Waals surface area contributed by atoms with Gasteiger partial charge in [0.15, 0.2) is 5.82 Å². The summed E-state index contributed by atoms with van der Waals surface area (Å²) >= 11 is 0. The predicted molar refractivity (Wildman–Crippen MR) is 134 cm³/mol. The first kappa shape index (κ1) is 22.2. The van der Waals surface area contributed by atoms with E-state index in [2.05, 4.69) is 33.5 Å². The third kappa shape index (κ3) is 3.52. The predicted octanol–water partition coefficient (Wildman–Crippen LogP) is 3.59. The molecule has 0 saturated carbocycles. The first-order valence-electron chi connectivity index (χ1n) is 12.6. The van der Waals surface area contributed by atoms with Crippen LogP contribution in [0.4, 0.5) is 11.6 Å². The van der Waals surface area contributed by atoms with Gasteiger partial charge in [0.05, 0.1) is 23.3 Å². The third-order valence-electron chi connectivity index (χ3n) is 7.59. The van der Waals surface area contributed by atoms with E-state index in [0.717, 1.165) is 66.6 Å². The van der Waals surface area contributed by atoms with E-state index in [4.69, 9.17) is 15.7 Å². The summed E-state index contributed by atoms with van der Waals surface area (Å²) in [5.41, 5.74) is 8.96. The summed E-state index contributed by atoms with van der Waals surface area (Å²) in [4.78, 5) is 27.6. The minimum absolute atomic E-state index is 0.0644. The maximum Gasteiger partial charge on any atom is 0.260 e. The number of aromatic nitrogens is 5. The highest BCUT2D eigenvalue weighted by molar-refractivity contribution is 6.10. The molecule has 3 aromatic rings. The summed E-state index contributed by atoms with van der Waals surface area (Å²) < 4.78 is 2.16. The molecule has 3 aliphatic heterocycles. The maximum atomic E-state index is 13.7. The molecule has 2 atom stereocenters. The lowest BCUT2D eigenvalue weighted by Crippen LogP contribution is -2.34. The molecule has 9 heteroatoms. The van der Waals surface area contributed by atoms with E-state index in [1.165, 1.54) is 0 Å². The molecule has 0 spiro atoms. The Morgan fingerprint density at radius 2 is 1.89 bits per heavy atom. The standard InChI is InChI=1S/C26H32N8O/c1-15-7-6-12-32(15)22-13-17-18(23(29-22)26(3,4)27)14-33(25(17)35)20-9-5-8-19(28-20)24-31-30-21-11-10-16(2)34(21)24/h5,8-9,13,15-16H,6-7,10-12,14,27H2,1-4H3/t15-,16+/m1/s1. The Hall–Kier alpha value is -3.33. The molecule has 0 unspecified atom stereocenters. The Kier molecular flexibility index (Phi) is 4.96. The highest BCUT2D eigenvalue weighted by atomic mass is 16.2. The molecule has 1 fully saturated rings. The fraction of sp³-hybridized carbons (Fsp3) is 0.500. The number of rotatable bonds is 4. The summed E-state index contributed by atoms with van der Waals surface area (Å²) in [6.07, 6.45) is 4.24.